The highest BCUT2D eigenvalue weighted by molar-refractivity contribution is 5.73. The van der Waals surface area contributed by atoms with Crippen molar-refractivity contribution in [3.63, 3.8) is 0 Å². The first-order valence-corrected chi connectivity index (χ1v) is 8.36. The lowest BCUT2D eigenvalue weighted by Crippen LogP contribution is -2.49. The van der Waals surface area contributed by atoms with Crippen LogP contribution in [0.3, 0.4) is 0 Å². The van der Waals surface area contributed by atoms with Crippen LogP contribution in [0.5, 0.6) is 0 Å². The van der Waals surface area contributed by atoms with Gasteiger partial charge in [0.1, 0.15) is 0 Å². The number of rotatable bonds is 7. The van der Waals surface area contributed by atoms with E-state index in [0.29, 0.717) is 12.1 Å². The van der Waals surface area contributed by atoms with Crippen LogP contribution in [0, 0.1) is 5.92 Å². The van der Waals surface area contributed by atoms with Crippen LogP contribution in [0.1, 0.15) is 33.6 Å². The van der Waals surface area contributed by atoms with Crippen LogP contribution in [0.4, 0.5) is 0 Å². The number of amides is 1. The summed E-state index contributed by atoms with van der Waals surface area (Å²) in [6.07, 6.45) is 2.30. The average molecular weight is 297 g/mol. The molecule has 1 saturated heterocycles. The Hall–Kier alpha value is -0.650. The highest BCUT2D eigenvalue weighted by Gasteiger charge is 2.30. The molecule has 0 bridgehead atoms. The SMILES string of the molecule is CC(=O)NC1CC(OCCN2CCN(CC(C)C)CC2)C1. The molecule has 0 spiro atoms. The van der Waals surface area contributed by atoms with Crippen LogP contribution in [0.25, 0.3) is 0 Å². The van der Waals surface area contributed by atoms with Crippen molar-refractivity contribution in [2.75, 3.05) is 45.9 Å². The molecule has 1 amide bonds. The van der Waals surface area contributed by atoms with Crippen LogP contribution in [-0.4, -0.2) is 73.7 Å². The van der Waals surface area contributed by atoms with Crippen molar-refractivity contribution in [2.24, 2.45) is 5.92 Å². The summed E-state index contributed by atoms with van der Waals surface area (Å²) in [7, 11) is 0. The molecule has 0 radical (unpaired) electrons. The normalized spacial score (nSPS) is 27.6. The molecule has 1 aliphatic heterocycles. The molecule has 0 unspecified atom stereocenters. The summed E-state index contributed by atoms with van der Waals surface area (Å²) in [5, 5.41) is 2.93. The summed E-state index contributed by atoms with van der Waals surface area (Å²) < 4.78 is 5.88. The minimum Gasteiger partial charge on any atom is -0.377 e. The van der Waals surface area contributed by atoms with Crippen molar-refractivity contribution in [3.05, 3.63) is 0 Å². The van der Waals surface area contributed by atoms with E-state index < -0.39 is 0 Å². The van der Waals surface area contributed by atoms with Gasteiger partial charge in [-0.05, 0) is 18.8 Å². The number of piperazine rings is 1. The molecule has 1 saturated carbocycles. The van der Waals surface area contributed by atoms with E-state index in [1.165, 1.54) is 19.6 Å². The van der Waals surface area contributed by atoms with Gasteiger partial charge in [-0.2, -0.15) is 0 Å². The summed E-state index contributed by atoms with van der Waals surface area (Å²) in [6.45, 7) is 13.9. The highest BCUT2D eigenvalue weighted by Crippen LogP contribution is 2.23. The molecule has 2 fully saturated rings. The van der Waals surface area contributed by atoms with Crippen LogP contribution < -0.4 is 5.32 Å². The molecule has 0 atom stereocenters. The first-order valence-electron chi connectivity index (χ1n) is 8.36. The van der Waals surface area contributed by atoms with Gasteiger partial charge in [-0.15, -0.1) is 0 Å². The molecule has 122 valence electrons. The first kappa shape index (κ1) is 16.7. The number of hydrogen-bond donors (Lipinski definition) is 1. The van der Waals surface area contributed by atoms with Gasteiger partial charge in [-0.25, -0.2) is 0 Å². The molecule has 2 aliphatic rings. The van der Waals surface area contributed by atoms with E-state index in [1.807, 2.05) is 0 Å². The van der Waals surface area contributed by atoms with Crippen molar-refractivity contribution in [1.82, 2.24) is 15.1 Å². The molecule has 0 aromatic carbocycles. The fourth-order valence-electron chi connectivity index (χ4n) is 3.17. The third kappa shape index (κ3) is 5.93. The standard InChI is InChI=1S/C16H31N3O2/c1-13(2)12-19-6-4-18(5-7-19)8-9-21-16-10-15(11-16)17-14(3)20/h13,15-16H,4-12H2,1-3H3,(H,17,20). The number of carbonyl (C=O) groups excluding carboxylic acids is 1. The average Bonchev–Trinajstić information content (AvgIpc) is 2.36. The summed E-state index contributed by atoms with van der Waals surface area (Å²) in [4.78, 5) is 16.0. The van der Waals surface area contributed by atoms with Gasteiger partial charge in [-0.1, -0.05) is 13.8 Å². The zero-order valence-electron chi connectivity index (χ0n) is 13.8. The Kier molecular flexibility index (Phi) is 6.45. The molecule has 21 heavy (non-hydrogen) atoms. The number of carbonyl (C=O) groups is 1. The van der Waals surface area contributed by atoms with Crippen molar-refractivity contribution < 1.29 is 9.53 Å². The minimum atomic E-state index is 0.0673. The molecular weight excluding hydrogens is 266 g/mol. The number of nitrogens with one attached hydrogen (secondary N) is 1. The molecule has 1 heterocycles. The summed E-state index contributed by atoms with van der Waals surface area (Å²) in [5.74, 6) is 0.827. The van der Waals surface area contributed by atoms with Gasteiger partial charge in [-0.3, -0.25) is 9.69 Å². The second kappa shape index (κ2) is 8.11. The Morgan fingerprint density at radius 1 is 1.19 bits per heavy atom. The molecule has 5 heteroatoms. The van der Waals surface area contributed by atoms with Crippen LogP contribution in [-0.2, 0) is 9.53 Å². The topological polar surface area (TPSA) is 44.8 Å². The maximum Gasteiger partial charge on any atom is 0.217 e. The van der Waals surface area contributed by atoms with Gasteiger partial charge in [0.15, 0.2) is 0 Å². The summed E-state index contributed by atoms with van der Waals surface area (Å²) in [5.41, 5.74) is 0. The van der Waals surface area contributed by atoms with E-state index in [9.17, 15) is 4.79 Å². The molecule has 5 nitrogen and oxygen atoms in total. The van der Waals surface area contributed by atoms with Crippen molar-refractivity contribution in [2.45, 2.75) is 45.8 Å². The molecule has 2 rings (SSSR count). The molecule has 0 aromatic heterocycles. The van der Waals surface area contributed by atoms with Crippen molar-refractivity contribution in [1.29, 1.82) is 0 Å². The van der Waals surface area contributed by atoms with Crippen LogP contribution in [0.15, 0.2) is 0 Å². The quantitative estimate of drug-likeness (QED) is 0.760. The second-order valence-corrected chi connectivity index (χ2v) is 6.90. The predicted octanol–water partition coefficient (Wildman–Crippen LogP) is 0.944. The highest BCUT2D eigenvalue weighted by atomic mass is 16.5. The Balaban J connectivity index is 1.48. The van der Waals surface area contributed by atoms with Crippen molar-refractivity contribution >= 4 is 5.91 Å². The Bertz CT molecular complexity index is 321. The summed E-state index contributed by atoms with van der Waals surface area (Å²) >= 11 is 0. The van der Waals surface area contributed by atoms with Crippen LogP contribution in [0.2, 0.25) is 0 Å². The van der Waals surface area contributed by atoms with Crippen LogP contribution >= 0.6 is 0 Å². The molecule has 1 aliphatic carbocycles. The third-order valence-corrected chi connectivity index (χ3v) is 4.35. The number of nitrogens with zero attached hydrogens (tertiary/aromatic N) is 2. The number of ether oxygens (including phenoxy) is 1. The van der Waals surface area contributed by atoms with Gasteiger partial charge < -0.3 is 15.0 Å². The molecule has 1 N–H and O–H groups in total. The second-order valence-electron chi connectivity index (χ2n) is 6.90. The van der Waals surface area contributed by atoms with E-state index >= 15 is 0 Å². The lowest BCUT2D eigenvalue weighted by molar-refractivity contribution is -0.121. The van der Waals surface area contributed by atoms with E-state index in [2.05, 4.69) is 29.0 Å². The smallest absolute Gasteiger partial charge is 0.217 e. The Morgan fingerprint density at radius 3 is 2.38 bits per heavy atom. The van der Waals surface area contributed by atoms with E-state index in [4.69, 9.17) is 4.74 Å². The number of hydrogen-bond acceptors (Lipinski definition) is 4. The lowest BCUT2D eigenvalue weighted by atomic mass is 9.89. The maximum atomic E-state index is 10.9. The van der Waals surface area contributed by atoms with Gasteiger partial charge in [0.25, 0.3) is 0 Å². The van der Waals surface area contributed by atoms with E-state index in [1.54, 1.807) is 6.92 Å². The largest absolute Gasteiger partial charge is 0.377 e. The monoisotopic (exact) mass is 297 g/mol. The zero-order chi connectivity index (χ0) is 15.2. The predicted molar refractivity (Wildman–Crippen MR) is 84.3 cm³/mol. The lowest BCUT2D eigenvalue weighted by Gasteiger charge is -2.37. The van der Waals surface area contributed by atoms with E-state index in [-0.39, 0.29) is 5.91 Å². The fraction of sp³-hybridized carbons (Fsp3) is 0.938. The third-order valence-electron chi connectivity index (χ3n) is 4.35. The van der Waals surface area contributed by atoms with Gasteiger partial charge >= 0.3 is 0 Å². The van der Waals surface area contributed by atoms with Gasteiger partial charge in [0.2, 0.25) is 5.91 Å². The Morgan fingerprint density at radius 2 is 1.81 bits per heavy atom. The zero-order valence-corrected chi connectivity index (χ0v) is 13.8. The first-order chi connectivity index (χ1) is 10.0. The van der Waals surface area contributed by atoms with Crippen molar-refractivity contribution in [3.8, 4) is 0 Å². The van der Waals surface area contributed by atoms with Gasteiger partial charge in [0.05, 0.1) is 12.7 Å². The maximum absolute atomic E-state index is 10.9. The molecule has 0 aromatic rings. The summed E-state index contributed by atoms with van der Waals surface area (Å²) in [6, 6.07) is 0.340. The molecular formula is C16H31N3O2. The van der Waals surface area contributed by atoms with E-state index in [0.717, 1.165) is 45.0 Å². The van der Waals surface area contributed by atoms with Gasteiger partial charge in [0, 0.05) is 52.2 Å². The Labute approximate surface area is 129 Å². The minimum absolute atomic E-state index is 0.0673. The fourth-order valence-corrected chi connectivity index (χ4v) is 3.17.